The minimum atomic E-state index is -0.944. The number of carboxylic acid groups (broad SMARTS) is 1. The summed E-state index contributed by atoms with van der Waals surface area (Å²) in [6, 6.07) is 6.96. The zero-order chi connectivity index (χ0) is 20.4. The summed E-state index contributed by atoms with van der Waals surface area (Å²) in [7, 11) is 0. The third-order valence-electron chi connectivity index (χ3n) is 5.51. The molecule has 1 N–H and O–H groups in total. The van der Waals surface area contributed by atoms with Crippen molar-refractivity contribution < 1.29 is 14.7 Å². The molecule has 1 aromatic heterocycles. The number of carbonyl (C=O) groups excluding carboxylic acids is 1. The lowest BCUT2D eigenvalue weighted by atomic mass is 9.93. The number of carboxylic acids is 1. The Bertz CT molecular complexity index is 885. The smallest absolute Gasteiger partial charge is 0.326 e. The van der Waals surface area contributed by atoms with Gasteiger partial charge in [0.1, 0.15) is 6.04 Å². The number of amides is 1. The van der Waals surface area contributed by atoms with E-state index in [1.807, 2.05) is 42.8 Å². The fourth-order valence-corrected chi connectivity index (χ4v) is 4.00. The van der Waals surface area contributed by atoms with Crippen LogP contribution >= 0.6 is 0 Å². The Labute approximate surface area is 166 Å². The van der Waals surface area contributed by atoms with E-state index in [1.54, 1.807) is 0 Å². The Kier molecular flexibility index (Phi) is 5.87. The summed E-state index contributed by atoms with van der Waals surface area (Å²) in [6.45, 7) is 9.53. The average molecular weight is 383 g/mol. The molecule has 0 fully saturated rings. The van der Waals surface area contributed by atoms with Crippen LogP contribution in [0.25, 0.3) is 0 Å². The number of aromatic nitrogens is 2. The summed E-state index contributed by atoms with van der Waals surface area (Å²) in [6.07, 6.45) is 1.24. The Balaban J connectivity index is 1.74. The quantitative estimate of drug-likeness (QED) is 0.832. The Morgan fingerprint density at radius 1 is 1.21 bits per heavy atom. The summed E-state index contributed by atoms with van der Waals surface area (Å²) in [4.78, 5) is 26.2. The first-order valence-electron chi connectivity index (χ1n) is 9.89. The van der Waals surface area contributed by atoms with Gasteiger partial charge in [0, 0.05) is 31.6 Å². The third kappa shape index (κ3) is 4.11. The molecule has 0 radical (unpaired) electrons. The zero-order valence-electron chi connectivity index (χ0n) is 17.1. The molecule has 0 aliphatic carbocycles. The van der Waals surface area contributed by atoms with Gasteiger partial charge in [0.2, 0.25) is 5.91 Å². The number of aliphatic carboxylic acids is 1. The molecule has 1 amide bonds. The van der Waals surface area contributed by atoms with E-state index in [-0.39, 0.29) is 5.91 Å². The number of aryl methyl sites for hydroxylation is 1. The SMILES string of the molecule is Cc1nn(CC(C)C)c(C)c1CCC(=O)N1Cc2ccccc2CC1C(=O)O. The van der Waals surface area contributed by atoms with Crippen molar-refractivity contribution in [1.82, 2.24) is 14.7 Å². The van der Waals surface area contributed by atoms with Crippen LogP contribution in [0.5, 0.6) is 0 Å². The van der Waals surface area contributed by atoms with Crippen LogP contribution in [0.4, 0.5) is 0 Å². The maximum Gasteiger partial charge on any atom is 0.326 e. The van der Waals surface area contributed by atoms with Crippen molar-refractivity contribution in [2.24, 2.45) is 5.92 Å². The first-order chi connectivity index (χ1) is 13.3. The molecule has 28 heavy (non-hydrogen) atoms. The lowest BCUT2D eigenvalue weighted by Crippen LogP contribution is -2.48. The fourth-order valence-electron chi connectivity index (χ4n) is 4.00. The van der Waals surface area contributed by atoms with Crippen molar-refractivity contribution in [3.8, 4) is 0 Å². The molecule has 0 saturated heterocycles. The maximum atomic E-state index is 12.9. The van der Waals surface area contributed by atoms with Gasteiger partial charge in [-0.05, 0) is 42.9 Å². The lowest BCUT2D eigenvalue weighted by Gasteiger charge is -2.34. The molecule has 2 heterocycles. The number of hydrogen-bond acceptors (Lipinski definition) is 3. The number of carbonyl (C=O) groups is 2. The number of fused-ring (bicyclic) bond motifs is 1. The molecule has 0 spiro atoms. The van der Waals surface area contributed by atoms with Crippen molar-refractivity contribution >= 4 is 11.9 Å². The molecule has 1 unspecified atom stereocenters. The van der Waals surface area contributed by atoms with E-state index in [2.05, 4.69) is 18.9 Å². The van der Waals surface area contributed by atoms with Gasteiger partial charge in [0.15, 0.2) is 0 Å². The normalized spacial score (nSPS) is 16.3. The summed E-state index contributed by atoms with van der Waals surface area (Å²) < 4.78 is 2.01. The largest absolute Gasteiger partial charge is 0.480 e. The van der Waals surface area contributed by atoms with E-state index < -0.39 is 12.0 Å². The van der Waals surface area contributed by atoms with Gasteiger partial charge in [-0.1, -0.05) is 38.1 Å². The van der Waals surface area contributed by atoms with Gasteiger partial charge in [0.05, 0.1) is 5.69 Å². The van der Waals surface area contributed by atoms with E-state index in [1.165, 1.54) is 4.90 Å². The van der Waals surface area contributed by atoms with Crippen molar-refractivity contribution in [3.63, 3.8) is 0 Å². The molecule has 0 saturated carbocycles. The molecule has 1 aromatic carbocycles. The standard InChI is InChI=1S/C22H29N3O3/c1-14(2)12-25-16(4)19(15(3)23-25)9-10-21(26)24-13-18-8-6-5-7-17(18)11-20(24)22(27)28/h5-8,14,20H,9-13H2,1-4H3,(H,27,28). The topological polar surface area (TPSA) is 75.4 Å². The molecule has 0 bridgehead atoms. The highest BCUT2D eigenvalue weighted by molar-refractivity contribution is 5.84. The second kappa shape index (κ2) is 8.17. The molecule has 6 heteroatoms. The number of benzene rings is 1. The first kappa shape index (κ1) is 20.1. The van der Waals surface area contributed by atoms with Crippen LogP contribution in [-0.4, -0.2) is 37.7 Å². The van der Waals surface area contributed by atoms with E-state index in [4.69, 9.17) is 0 Å². The molecular formula is C22H29N3O3. The minimum absolute atomic E-state index is 0.114. The molecule has 2 aromatic rings. The maximum absolute atomic E-state index is 12.9. The number of nitrogens with zero attached hydrogens (tertiary/aromatic N) is 3. The van der Waals surface area contributed by atoms with Gasteiger partial charge >= 0.3 is 5.97 Å². The van der Waals surface area contributed by atoms with Crippen molar-refractivity contribution in [2.75, 3.05) is 0 Å². The van der Waals surface area contributed by atoms with Gasteiger partial charge in [-0.2, -0.15) is 5.10 Å². The molecule has 6 nitrogen and oxygen atoms in total. The highest BCUT2D eigenvalue weighted by Crippen LogP contribution is 2.25. The molecule has 1 aliphatic heterocycles. The first-order valence-corrected chi connectivity index (χ1v) is 9.89. The van der Waals surface area contributed by atoms with Gasteiger partial charge in [-0.3, -0.25) is 9.48 Å². The highest BCUT2D eigenvalue weighted by Gasteiger charge is 2.34. The van der Waals surface area contributed by atoms with Gasteiger partial charge < -0.3 is 10.0 Å². The lowest BCUT2D eigenvalue weighted by molar-refractivity contribution is -0.151. The third-order valence-corrected chi connectivity index (χ3v) is 5.51. The molecule has 1 aliphatic rings. The van der Waals surface area contributed by atoms with Crippen molar-refractivity contribution in [2.45, 2.75) is 66.1 Å². The van der Waals surface area contributed by atoms with Crippen LogP contribution in [0.1, 0.15) is 48.3 Å². The summed E-state index contributed by atoms with van der Waals surface area (Å²) in [5, 5.41) is 14.2. The van der Waals surface area contributed by atoms with Gasteiger partial charge in [-0.15, -0.1) is 0 Å². The Hall–Kier alpha value is -2.63. The molecule has 150 valence electrons. The van der Waals surface area contributed by atoms with Crippen molar-refractivity contribution in [3.05, 3.63) is 52.3 Å². The van der Waals surface area contributed by atoms with E-state index >= 15 is 0 Å². The Morgan fingerprint density at radius 2 is 1.89 bits per heavy atom. The molecule has 3 rings (SSSR count). The Morgan fingerprint density at radius 3 is 2.54 bits per heavy atom. The van der Waals surface area contributed by atoms with E-state index in [0.717, 1.165) is 34.6 Å². The van der Waals surface area contributed by atoms with E-state index in [0.29, 0.717) is 31.7 Å². The summed E-state index contributed by atoms with van der Waals surface area (Å²) >= 11 is 0. The van der Waals surface area contributed by atoms with Gasteiger partial charge in [0.25, 0.3) is 0 Å². The second-order valence-corrected chi connectivity index (χ2v) is 8.07. The predicted octanol–water partition coefficient (Wildman–Crippen LogP) is 3.13. The van der Waals surface area contributed by atoms with Crippen LogP contribution < -0.4 is 0 Å². The highest BCUT2D eigenvalue weighted by atomic mass is 16.4. The summed E-state index contributed by atoms with van der Waals surface area (Å²) in [5.74, 6) is -0.561. The monoisotopic (exact) mass is 383 g/mol. The van der Waals surface area contributed by atoms with Crippen LogP contribution in [0.3, 0.4) is 0 Å². The average Bonchev–Trinajstić information content (AvgIpc) is 2.91. The molecular weight excluding hydrogens is 354 g/mol. The predicted molar refractivity (Wildman–Crippen MR) is 107 cm³/mol. The summed E-state index contributed by atoms with van der Waals surface area (Å²) in [5.41, 5.74) is 5.19. The zero-order valence-corrected chi connectivity index (χ0v) is 17.1. The van der Waals surface area contributed by atoms with E-state index in [9.17, 15) is 14.7 Å². The minimum Gasteiger partial charge on any atom is -0.480 e. The molecule has 1 atom stereocenters. The van der Waals surface area contributed by atoms with Crippen LogP contribution in [0.15, 0.2) is 24.3 Å². The van der Waals surface area contributed by atoms with Crippen LogP contribution in [0, 0.1) is 19.8 Å². The second-order valence-electron chi connectivity index (χ2n) is 8.07. The fraction of sp³-hybridized carbons (Fsp3) is 0.500. The van der Waals surface area contributed by atoms with Crippen LogP contribution in [-0.2, 0) is 35.5 Å². The number of hydrogen-bond donors (Lipinski definition) is 1. The van der Waals surface area contributed by atoms with Crippen LogP contribution in [0.2, 0.25) is 0 Å². The van der Waals surface area contributed by atoms with Crippen molar-refractivity contribution in [1.29, 1.82) is 0 Å². The number of rotatable bonds is 6. The van der Waals surface area contributed by atoms with Gasteiger partial charge in [-0.25, -0.2) is 4.79 Å².